The van der Waals surface area contributed by atoms with E-state index in [1.54, 1.807) is 32.4 Å². The molecular weight excluding hydrogens is 222 g/mol. The van der Waals surface area contributed by atoms with Gasteiger partial charge in [-0.25, -0.2) is 0 Å². The van der Waals surface area contributed by atoms with E-state index in [1.807, 2.05) is 0 Å². The Kier molecular flexibility index (Phi) is 4.78. The summed E-state index contributed by atoms with van der Waals surface area (Å²) in [6.45, 7) is 0.345. The first-order valence-corrected chi connectivity index (χ1v) is 5.23. The number of nitrogens with one attached hydrogen (secondary N) is 1. The topological polar surface area (TPSA) is 67.8 Å². The molecule has 1 rings (SSSR count). The molecule has 1 unspecified atom stereocenters. The molecule has 0 aliphatic carbocycles. The van der Waals surface area contributed by atoms with Gasteiger partial charge in [0.1, 0.15) is 11.5 Å². The fraction of sp³-hybridized carbons (Fsp3) is 0.417. The van der Waals surface area contributed by atoms with Crippen molar-refractivity contribution in [1.82, 2.24) is 5.32 Å². The minimum Gasteiger partial charge on any atom is -0.497 e. The Morgan fingerprint density at radius 1 is 1.41 bits per heavy atom. The molecule has 0 amide bonds. The van der Waals surface area contributed by atoms with Crippen LogP contribution in [-0.2, 0) is 4.79 Å². The van der Waals surface area contributed by atoms with Gasteiger partial charge in [-0.2, -0.15) is 0 Å². The van der Waals surface area contributed by atoms with Crippen LogP contribution in [0.5, 0.6) is 11.5 Å². The Hall–Kier alpha value is -1.75. The molecular formula is C12H17NO4. The van der Waals surface area contributed by atoms with Gasteiger partial charge in [-0.15, -0.1) is 0 Å². The standard InChI is InChI=1S/C12H17NO4/c1-13-7-10(12(14)15)9-5-4-8(16-2)6-11(9)17-3/h4-6,10,13H,7H2,1-3H3,(H,14,15). The van der Waals surface area contributed by atoms with Crippen molar-refractivity contribution in [3.05, 3.63) is 23.8 Å². The van der Waals surface area contributed by atoms with Crippen LogP contribution in [0.1, 0.15) is 11.5 Å². The van der Waals surface area contributed by atoms with Crippen LogP contribution in [0.15, 0.2) is 18.2 Å². The number of carbonyl (C=O) groups is 1. The number of carboxylic acids is 1. The maximum Gasteiger partial charge on any atom is 0.312 e. The molecule has 0 aliphatic heterocycles. The van der Waals surface area contributed by atoms with Gasteiger partial charge in [0, 0.05) is 18.2 Å². The molecule has 1 atom stereocenters. The first kappa shape index (κ1) is 13.3. The summed E-state index contributed by atoms with van der Waals surface area (Å²) in [5.41, 5.74) is 0.634. The highest BCUT2D eigenvalue weighted by molar-refractivity contribution is 5.77. The summed E-state index contributed by atoms with van der Waals surface area (Å²) < 4.78 is 10.3. The number of ether oxygens (including phenoxy) is 2. The van der Waals surface area contributed by atoms with E-state index in [0.717, 1.165) is 0 Å². The molecule has 0 spiro atoms. The first-order valence-electron chi connectivity index (χ1n) is 5.23. The second-order valence-electron chi connectivity index (χ2n) is 3.56. The lowest BCUT2D eigenvalue weighted by atomic mass is 9.98. The second-order valence-corrected chi connectivity index (χ2v) is 3.56. The quantitative estimate of drug-likeness (QED) is 0.777. The number of rotatable bonds is 6. The molecule has 0 aromatic heterocycles. The number of carboxylic acid groups (broad SMARTS) is 1. The number of hydrogen-bond acceptors (Lipinski definition) is 4. The summed E-state index contributed by atoms with van der Waals surface area (Å²) >= 11 is 0. The molecule has 5 nitrogen and oxygen atoms in total. The third-order valence-corrected chi connectivity index (χ3v) is 2.52. The first-order chi connectivity index (χ1) is 8.13. The van der Waals surface area contributed by atoms with Gasteiger partial charge in [0.05, 0.1) is 20.1 Å². The zero-order valence-electron chi connectivity index (χ0n) is 10.2. The SMILES string of the molecule is CNCC(C(=O)O)c1ccc(OC)cc1OC. The summed E-state index contributed by atoms with van der Waals surface area (Å²) in [6.07, 6.45) is 0. The molecule has 0 saturated heterocycles. The van der Waals surface area contributed by atoms with Gasteiger partial charge in [-0.05, 0) is 13.1 Å². The molecule has 2 N–H and O–H groups in total. The van der Waals surface area contributed by atoms with Crippen LogP contribution in [0.3, 0.4) is 0 Å². The van der Waals surface area contributed by atoms with E-state index < -0.39 is 11.9 Å². The molecule has 5 heteroatoms. The Bertz CT molecular complexity index is 392. The number of likely N-dealkylation sites (N-methyl/N-ethyl adjacent to an activating group) is 1. The Morgan fingerprint density at radius 3 is 2.59 bits per heavy atom. The van der Waals surface area contributed by atoms with Crippen LogP contribution in [-0.4, -0.2) is 38.9 Å². The number of benzene rings is 1. The van der Waals surface area contributed by atoms with Gasteiger partial charge in [-0.3, -0.25) is 4.79 Å². The second kappa shape index (κ2) is 6.10. The highest BCUT2D eigenvalue weighted by Gasteiger charge is 2.22. The van der Waals surface area contributed by atoms with Crippen LogP contribution in [0.2, 0.25) is 0 Å². The van der Waals surface area contributed by atoms with Crippen molar-refractivity contribution >= 4 is 5.97 Å². The van der Waals surface area contributed by atoms with Gasteiger partial charge in [0.25, 0.3) is 0 Å². The van der Waals surface area contributed by atoms with Gasteiger partial charge in [0.15, 0.2) is 0 Å². The summed E-state index contributed by atoms with van der Waals surface area (Å²) in [6, 6.07) is 5.12. The fourth-order valence-corrected chi connectivity index (χ4v) is 1.64. The average Bonchev–Trinajstić information content (AvgIpc) is 2.35. The van der Waals surface area contributed by atoms with Gasteiger partial charge in [0.2, 0.25) is 0 Å². The molecule has 0 radical (unpaired) electrons. The van der Waals surface area contributed by atoms with Crippen molar-refractivity contribution in [2.24, 2.45) is 0 Å². The molecule has 0 bridgehead atoms. The maximum absolute atomic E-state index is 11.2. The van der Waals surface area contributed by atoms with Crippen LogP contribution in [0.25, 0.3) is 0 Å². The lowest BCUT2D eigenvalue weighted by molar-refractivity contribution is -0.138. The van der Waals surface area contributed by atoms with Crippen molar-refractivity contribution in [3.8, 4) is 11.5 Å². The molecule has 0 heterocycles. The summed E-state index contributed by atoms with van der Waals surface area (Å²) in [4.78, 5) is 11.2. The van der Waals surface area contributed by atoms with E-state index in [-0.39, 0.29) is 0 Å². The molecule has 17 heavy (non-hydrogen) atoms. The summed E-state index contributed by atoms with van der Waals surface area (Å²) in [5.74, 6) is -0.366. The largest absolute Gasteiger partial charge is 0.497 e. The van der Waals surface area contributed by atoms with E-state index in [9.17, 15) is 9.90 Å². The monoisotopic (exact) mass is 239 g/mol. The lowest BCUT2D eigenvalue weighted by Gasteiger charge is -2.16. The van der Waals surface area contributed by atoms with Gasteiger partial charge < -0.3 is 19.9 Å². The van der Waals surface area contributed by atoms with Crippen molar-refractivity contribution in [2.45, 2.75) is 5.92 Å². The van der Waals surface area contributed by atoms with Crippen LogP contribution in [0.4, 0.5) is 0 Å². The summed E-state index contributed by atoms with van der Waals surface area (Å²) in [7, 11) is 4.78. The van der Waals surface area contributed by atoms with Crippen molar-refractivity contribution in [3.63, 3.8) is 0 Å². The molecule has 0 fully saturated rings. The molecule has 1 aromatic carbocycles. The minimum absolute atomic E-state index is 0.345. The number of methoxy groups -OCH3 is 2. The number of aliphatic carboxylic acids is 1. The highest BCUT2D eigenvalue weighted by Crippen LogP contribution is 2.30. The third-order valence-electron chi connectivity index (χ3n) is 2.52. The van der Waals surface area contributed by atoms with Crippen LogP contribution < -0.4 is 14.8 Å². The van der Waals surface area contributed by atoms with Crippen LogP contribution in [0, 0.1) is 0 Å². The Labute approximate surface area is 100 Å². The van der Waals surface area contributed by atoms with E-state index in [2.05, 4.69) is 5.32 Å². The Balaban J connectivity index is 3.13. The van der Waals surface area contributed by atoms with E-state index in [1.165, 1.54) is 7.11 Å². The van der Waals surface area contributed by atoms with Gasteiger partial charge >= 0.3 is 5.97 Å². The summed E-state index contributed by atoms with van der Waals surface area (Å²) in [5, 5.41) is 12.0. The highest BCUT2D eigenvalue weighted by atomic mass is 16.5. The van der Waals surface area contributed by atoms with E-state index in [4.69, 9.17) is 9.47 Å². The zero-order chi connectivity index (χ0) is 12.8. The van der Waals surface area contributed by atoms with Crippen molar-refractivity contribution < 1.29 is 19.4 Å². The smallest absolute Gasteiger partial charge is 0.312 e. The normalized spacial score (nSPS) is 11.9. The lowest BCUT2D eigenvalue weighted by Crippen LogP contribution is -2.24. The van der Waals surface area contributed by atoms with Crippen molar-refractivity contribution in [1.29, 1.82) is 0 Å². The number of hydrogen-bond donors (Lipinski definition) is 2. The van der Waals surface area contributed by atoms with Gasteiger partial charge in [-0.1, -0.05) is 6.07 Å². The average molecular weight is 239 g/mol. The predicted octanol–water partition coefficient (Wildman–Crippen LogP) is 1.09. The minimum atomic E-state index is -0.886. The predicted molar refractivity (Wildman–Crippen MR) is 63.8 cm³/mol. The molecule has 0 saturated carbocycles. The van der Waals surface area contributed by atoms with Crippen LogP contribution >= 0.6 is 0 Å². The third kappa shape index (κ3) is 3.10. The fourth-order valence-electron chi connectivity index (χ4n) is 1.64. The van der Waals surface area contributed by atoms with Crippen molar-refractivity contribution in [2.75, 3.05) is 27.8 Å². The molecule has 1 aromatic rings. The molecule has 94 valence electrons. The van der Waals surface area contributed by atoms with E-state index >= 15 is 0 Å². The zero-order valence-corrected chi connectivity index (χ0v) is 10.2. The van der Waals surface area contributed by atoms with E-state index in [0.29, 0.717) is 23.6 Å². The maximum atomic E-state index is 11.2. The molecule has 0 aliphatic rings. The Morgan fingerprint density at radius 2 is 2.12 bits per heavy atom.